The minimum absolute atomic E-state index is 0.0909. The van der Waals surface area contributed by atoms with Gasteiger partial charge in [0, 0.05) is 42.9 Å². The molecule has 1 aliphatic rings. The monoisotopic (exact) mass is 342 g/mol. The fraction of sp³-hybridized carbons (Fsp3) is 0.389. The molecule has 0 saturated carbocycles. The van der Waals surface area contributed by atoms with E-state index in [0.29, 0.717) is 18.0 Å². The normalized spacial score (nSPS) is 16.3. The van der Waals surface area contributed by atoms with Gasteiger partial charge in [-0.2, -0.15) is 0 Å². The third-order valence-corrected chi connectivity index (χ3v) is 4.48. The van der Waals surface area contributed by atoms with Crippen LogP contribution in [0.3, 0.4) is 0 Å². The van der Waals surface area contributed by atoms with Crippen LogP contribution in [0.25, 0.3) is 11.3 Å². The first-order chi connectivity index (χ1) is 12.1. The number of nitrogens with one attached hydrogen (secondary N) is 1. The number of amides is 1. The van der Waals surface area contributed by atoms with E-state index in [1.54, 1.807) is 12.1 Å². The number of aliphatic carboxylic acids is 1. The Hall–Kier alpha value is -2.67. The van der Waals surface area contributed by atoms with Crippen LogP contribution in [0, 0.1) is 0 Å². The van der Waals surface area contributed by atoms with Crippen molar-refractivity contribution in [3.8, 4) is 11.3 Å². The summed E-state index contributed by atoms with van der Waals surface area (Å²) >= 11 is 0. The van der Waals surface area contributed by atoms with Gasteiger partial charge >= 0.3 is 5.97 Å². The molecule has 1 aromatic heterocycles. The Morgan fingerprint density at radius 1 is 1.32 bits per heavy atom. The molecule has 25 heavy (non-hydrogen) atoms. The van der Waals surface area contributed by atoms with Gasteiger partial charge in [-0.25, -0.2) is 4.98 Å². The van der Waals surface area contributed by atoms with E-state index in [0.717, 1.165) is 36.5 Å². The Morgan fingerprint density at radius 2 is 2.08 bits per heavy atom. The highest BCUT2D eigenvalue weighted by molar-refractivity contribution is 5.94. The predicted molar refractivity (Wildman–Crippen MR) is 93.3 cm³/mol. The lowest BCUT2D eigenvalue weighted by Gasteiger charge is -2.21. The van der Waals surface area contributed by atoms with Crippen molar-refractivity contribution in [1.29, 1.82) is 0 Å². The number of benzene rings is 1. The number of carbonyl (C=O) groups excluding carboxylic acids is 1. The maximum Gasteiger partial charge on any atom is 0.305 e. The Morgan fingerprint density at radius 3 is 2.76 bits per heavy atom. The summed E-state index contributed by atoms with van der Waals surface area (Å²) in [4.78, 5) is 27.2. The minimum Gasteiger partial charge on any atom is -0.481 e. The highest BCUT2D eigenvalue weighted by Crippen LogP contribution is 2.29. The molecule has 0 spiro atoms. The SMILES string of the molecule is NCC1CCCn2cc(-c3ccc(C(=O)NCCC(=O)O)cc3)nc21. The zero-order valence-corrected chi connectivity index (χ0v) is 13.9. The van der Waals surface area contributed by atoms with Crippen LogP contribution >= 0.6 is 0 Å². The Labute approximate surface area is 145 Å². The van der Waals surface area contributed by atoms with Crippen LogP contribution in [0.1, 0.15) is 41.4 Å². The summed E-state index contributed by atoms with van der Waals surface area (Å²) in [6, 6.07) is 7.17. The number of carboxylic acids is 1. The van der Waals surface area contributed by atoms with Crippen molar-refractivity contribution < 1.29 is 14.7 Å². The van der Waals surface area contributed by atoms with E-state index < -0.39 is 5.97 Å². The molecule has 0 fully saturated rings. The fourth-order valence-electron chi connectivity index (χ4n) is 3.11. The number of imidazole rings is 1. The highest BCUT2D eigenvalue weighted by Gasteiger charge is 2.22. The maximum atomic E-state index is 12.0. The fourth-order valence-corrected chi connectivity index (χ4v) is 3.11. The van der Waals surface area contributed by atoms with Gasteiger partial charge in [0.2, 0.25) is 0 Å². The van der Waals surface area contributed by atoms with Crippen molar-refractivity contribution in [1.82, 2.24) is 14.9 Å². The van der Waals surface area contributed by atoms with Crippen LogP contribution in [0.5, 0.6) is 0 Å². The van der Waals surface area contributed by atoms with Crippen LogP contribution < -0.4 is 11.1 Å². The topological polar surface area (TPSA) is 110 Å². The average Bonchev–Trinajstić information content (AvgIpc) is 3.05. The molecule has 0 aliphatic carbocycles. The molecular weight excluding hydrogens is 320 g/mol. The van der Waals surface area contributed by atoms with Crippen LogP contribution in [0.4, 0.5) is 0 Å². The van der Waals surface area contributed by atoms with Crippen molar-refractivity contribution in [2.24, 2.45) is 5.73 Å². The van der Waals surface area contributed by atoms with Crippen LogP contribution in [-0.2, 0) is 11.3 Å². The van der Waals surface area contributed by atoms with E-state index in [4.69, 9.17) is 15.8 Å². The molecule has 0 saturated heterocycles. The van der Waals surface area contributed by atoms with E-state index in [1.165, 1.54) is 0 Å². The molecule has 0 radical (unpaired) electrons. The molecule has 0 bridgehead atoms. The van der Waals surface area contributed by atoms with Gasteiger partial charge < -0.3 is 20.7 Å². The van der Waals surface area contributed by atoms with Crippen molar-refractivity contribution in [3.05, 3.63) is 41.9 Å². The predicted octanol–water partition coefficient (Wildman–Crippen LogP) is 1.59. The number of nitrogens with two attached hydrogens (primary N) is 1. The second kappa shape index (κ2) is 7.48. The van der Waals surface area contributed by atoms with Gasteiger partial charge in [0.25, 0.3) is 5.91 Å². The molecule has 3 rings (SSSR count). The van der Waals surface area contributed by atoms with Crippen LogP contribution in [-0.4, -0.2) is 39.6 Å². The summed E-state index contributed by atoms with van der Waals surface area (Å²) in [5.41, 5.74) is 8.17. The Bertz CT molecular complexity index is 767. The summed E-state index contributed by atoms with van der Waals surface area (Å²) in [5.74, 6) is 0.135. The molecular formula is C18H22N4O3. The first-order valence-corrected chi connectivity index (χ1v) is 8.46. The highest BCUT2D eigenvalue weighted by atomic mass is 16.4. The largest absolute Gasteiger partial charge is 0.481 e. The second-order valence-electron chi connectivity index (χ2n) is 6.23. The number of aryl methyl sites for hydroxylation is 1. The molecule has 4 N–H and O–H groups in total. The van der Waals surface area contributed by atoms with Crippen LogP contribution in [0.15, 0.2) is 30.5 Å². The van der Waals surface area contributed by atoms with E-state index in [9.17, 15) is 9.59 Å². The average molecular weight is 342 g/mol. The van der Waals surface area contributed by atoms with Gasteiger partial charge in [0.15, 0.2) is 0 Å². The summed E-state index contributed by atoms with van der Waals surface area (Å²) in [6.45, 7) is 1.68. The van der Waals surface area contributed by atoms with Gasteiger partial charge in [-0.05, 0) is 25.0 Å². The number of hydrogen-bond acceptors (Lipinski definition) is 4. The smallest absolute Gasteiger partial charge is 0.305 e. The third kappa shape index (κ3) is 3.88. The molecule has 7 heteroatoms. The molecule has 2 heterocycles. The third-order valence-electron chi connectivity index (χ3n) is 4.48. The van der Waals surface area contributed by atoms with Gasteiger partial charge in [-0.3, -0.25) is 9.59 Å². The maximum absolute atomic E-state index is 12.0. The van der Waals surface area contributed by atoms with Gasteiger partial charge in [-0.15, -0.1) is 0 Å². The number of fused-ring (bicyclic) bond motifs is 1. The standard InChI is InChI=1S/C18H22N4O3/c19-10-14-2-1-9-22-11-15(21-17(14)22)12-3-5-13(6-4-12)18(25)20-8-7-16(23)24/h3-6,11,14H,1-2,7-10,19H2,(H,20,25)(H,23,24). The van der Waals surface area contributed by atoms with Crippen molar-refractivity contribution in [2.45, 2.75) is 31.7 Å². The van der Waals surface area contributed by atoms with Crippen molar-refractivity contribution in [2.75, 3.05) is 13.1 Å². The van der Waals surface area contributed by atoms with E-state index in [2.05, 4.69) is 9.88 Å². The number of aromatic nitrogens is 2. The molecule has 1 atom stereocenters. The lowest BCUT2D eigenvalue weighted by atomic mass is 9.99. The lowest BCUT2D eigenvalue weighted by Crippen LogP contribution is -2.25. The second-order valence-corrected chi connectivity index (χ2v) is 6.23. The Balaban J connectivity index is 1.71. The summed E-state index contributed by atoms with van der Waals surface area (Å²) in [6.07, 6.45) is 4.13. The first-order valence-electron chi connectivity index (χ1n) is 8.46. The number of carbonyl (C=O) groups is 2. The van der Waals surface area contributed by atoms with E-state index in [-0.39, 0.29) is 18.9 Å². The molecule has 1 unspecified atom stereocenters. The lowest BCUT2D eigenvalue weighted by molar-refractivity contribution is -0.136. The van der Waals surface area contributed by atoms with E-state index in [1.807, 2.05) is 18.3 Å². The molecule has 1 amide bonds. The van der Waals surface area contributed by atoms with Gasteiger partial charge in [-0.1, -0.05) is 12.1 Å². The Kier molecular flexibility index (Phi) is 5.14. The van der Waals surface area contributed by atoms with Crippen molar-refractivity contribution >= 4 is 11.9 Å². The molecule has 7 nitrogen and oxygen atoms in total. The zero-order chi connectivity index (χ0) is 17.8. The molecule has 1 aliphatic heterocycles. The van der Waals surface area contributed by atoms with Crippen LogP contribution in [0.2, 0.25) is 0 Å². The number of hydrogen-bond donors (Lipinski definition) is 3. The molecule has 2 aromatic rings. The number of carboxylic acid groups (broad SMARTS) is 1. The minimum atomic E-state index is -0.935. The molecule has 132 valence electrons. The van der Waals surface area contributed by atoms with Gasteiger partial charge in [0.05, 0.1) is 12.1 Å². The van der Waals surface area contributed by atoms with Crippen molar-refractivity contribution in [3.63, 3.8) is 0 Å². The first kappa shape index (κ1) is 17.2. The summed E-state index contributed by atoms with van der Waals surface area (Å²) in [7, 11) is 0. The zero-order valence-electron chi connectivity index (χ0n) is 13.9. The van der Waals surface area contributed by atoms with E-state index >= 15 is 0 Å². The summed E-state index contributed by atoms with van der Waals surface area (Å²) in [5, 5.41) is 11.2. The number of rotatable bonds is 6. The quantitative estimate of drug-likeness (QED) is 0.738. The molecule has 1 aromatic carbocycles. The number of nitrogens with zero attached hydrogens (tertiary/aromatic N) is 2. The van der Waals surface area contributed by atoms with Gasteiger partial charge in [0.1, 0.15) is 5.82 Å². The summed E-state index contributed by atoms with van der Waals surface area (Å²) < 4.78 is 2.17.